The molecule has 29 heavy (non-hydrogen) atoms. The fraction of sp³-hybridized carbons (Fsp3) is 0.278. The van der Waals surface area contributed by atoms with Gasteiger partial charge in [0.25, 0.3) is 0 Å². The van der Waals surface area contributed by atoms with Gasteiger partial charge in [0, 0.05) is 49.7 Å². The second kappa shape index (κ2) is 7.91. The maximum atomic E-state index is 13.0. The Kier molecular flexibility index (Phi) is 5.48. The average molecular weight is 453 g/mol. The Bertz CT molecular complexity index is 1130. The van der Waals surface area contributed by atoms with Gasteiger partial charge in [-0.3, -0.25) is 4.57 Å². The van der Waals surface area contributed by atoms with Gasteiger partial charge in [-0.05, 0) is 25.1 Å². The van der Waals surface area contributed by atoms with Crippen LogP contribution in [0.3, 0.4) is 0 Å². The second-order valence-corrected chi connectivity index (χ2v) is 9.32. The number of aryl methyl sites for hydroxylation is 1. The third kappa shape index (κ3) is 4.09. The van der Waals surface area contributed by atoms with E-state index < -0.39 is 10.0 Å². The third-order valence-electron chi connectivity index (χ3n) is 4.65. The second-order valence-electron chi connectivity index (χ2n) is 6.57. The lowest BCUT2D eigenvalue weighted by Gasteiger charge is -2.35. The first kappa shape index (κ1) is 20.1. The van der Waals surface area contributed by atoms with Gasteiger partial charge in [0.05, 0.1) is 5.02 Å². The van der Waals surface area contributed by atoms with Crippen molar-refractivity contribution in [1.29, 1.82) is 0 Å². The van der Waals surface area contributed by atoms with Gasteiger partial charge < -0.3 is 4.90 Å². The molecule has 4 rings (SSSR count). The number of piperazine rings is 1. The molecule has 3 aromatic rings. The molecule has 0 radical (unpaired) electrons. The highest BCUT2D eigenvalue weighted by Gasteiger charge is 2.31. The van der Waals surface area contributed by atoms with Crippen molar-refractivity contribution >= 4 is 39.0 Å². The van der Waals surface area contributed by atoms with E-state index in [1.54, 1.807) is 23.2 Å². The minimum atomic E-state index is -3.73. The van der Waals surface area contributed by atoms with Gasteiger partial charge in [-0.25, -0.2) is 23.4 Å². The summed E-state index contributed by atoms with van der Waals surface area (Å²) in [5.41, 5.74) is 0. The van der Waals surface area contributed by atoms with E-state index in [2.05, 4.69) is 15.0 Å². The summed E-state index contributed by atoms with van der Waals surface area (Å²) in [7, 11) is -3.73. The normalized spacial score (nSPS) is 15.6. The summed E-state index contributed by atoms with van der Waals surface area (Å²) in [4.78, 5) is 15.1. The highest BCUT2D eigenvalue weighted by Crippen LogP contribution is 2.29. The zero-order valence-corrected chi connectivity index (χ0v) is 17.9. The van der Waals surface area contributed by atoms with Gasteiger partial charge in [0.2, 0.25) is 10.0 Å². The number of aromatic nitrogens is 4. The first-order chi connectivity index (χ1) is 13.8. The highest BCUT2D eigenvalue weighted by atomic mass is 35.5. The summed E-state index contributed by atoms with van der Waals surface area (Å²) in [6.45, 7) is 3.45. The van der Waals surface area contributed by atoms with Gasteiger partial charge in [0.15, 0.2) is 0 Å². The Balaban J connectivity index is 1.53. The molecule has 8 nitrogen and oxygen atoms in total. The lowest BCUT2D eigenvalue weighted by Crippen LogP contribution is -2.49. The number of anilines is 1. The van der Waals surface area contributed by atoms with Gasteiger partial charge in [0.1, 0.15) is 28.7 Å². The molecule has 3 heterocycles. The molecule has 1 aliphatic heterocycles. The van der Waals surface area contributed by atoms with Crippen molar-refractivity contribution < 1.29 is 8.42 Å². The van der Waals surface area contributed by atoms with Crippen LogP contribution in [-0.4, -0.2) is 58.4 Å². The summed E-state index contributed by atoms with van der Waals surface area (Å²) in [5.74, 6) is 2.09. The van der Waals surface area contributed by atoms with Crippen LogP contribution in [0.15, 0.2) is 47.9 Å². The Morgan fingerprint density at radius 1 is 1.00 bits per heavy atom. The number of nitrogens with zero attached hydrogens (tertiary/aromatic N) is 6. The summed E-state index contributed by atoms with van der Waals surface area (Å²) in [5, 5.41) is 0.489. The zero-order valence-electron chi connectivity index (χ0n) is 15.5. The van der Waals surface area contributed by atoms with Crippen LogP contribution in [-0.2, 0) is 10.0 Å². The standard InChI is InChI=1S/C18H18Cl2N6O2S/c1-13-22-17(11-18(23-13)25-5-4-21-12-25)24-6-8-26(9-7-24)29(27,28)16-10-14(19)2-3-15(16)20/h2-5,10-12H,6-9H2,1H3. The van der Waals surface area contributed by atoms with Crippen LogP contribution < -0.4 is 4.90 Å². The van der Waals surface area contributed by atoms with Crippen LogP contribution in [0.25, 0.3) is 5.82 Å². The Hall–Kier alpha value is -2.20. The van der Waals surface area contributed by atoms with E-state index in [1.165, 1.54) is 16.4 Å². The maximum Gasteiger partial charge on any atom is 0.244 e. The Morgan fingerprint density at radius 3 is 2.41 bits per heavy atom. The molecule has 0 saturated carbocycles. The van der Waals surface area contributed by atoms with E-state index in [0.29, 0.717) is 42.8 Å². The fourth-order valence-corrected chi connectivity index (χ4v) is 5.36. The molecule has 0 N–H and O–H groups in total. The molecule has 0 spiro atoms. The monoisotopic (exact) mass is 452 g/mol. The fourth-order valence-electron chi connectivity index (χ4n) is 3.20. The van der Waals surface area contributed by atoms with E-state index in [9.17, 15) is 8.42 Å². The number of benzene rings is 1. The van der Waals surface area contributed by atoms with Gasteiger partial charge in [-0.15, -0.1) is 0 Å². The molecule has 1 aromatic carbocycles. The van der Waals surface area contributed by atoms with Crippen LogP contribution >= 0.6 is 23.2 Å². The number of sulfonamides is 1. The minimum Gasteiger partial charge on any atom is -0.354 e. The van der Waals surface area contributed by atoms with Crippen molar-refractivity contribution in [3.63, 3.8) is 0 Å². The van der Waals surface area contributed by atoms with E-state index in [1.807, 2.05) is 24.1 Å². The summed E-state index contributed by atoms with van der Waals surface area (Å²) >= 11 is 12.1. The van der Waals surface area contributed by atoms with Crippen LogP contribution in [0, 0.1) is 6.92 Å². The number of halogens is 2. The highest BCUT2D eigenvalue weighted by molar-refractivity contribution is 7.89. The van der Waals surface area contributed by atoms with Gasteiger partial charge in [-0.1, -0.05) is 23.2 Å². The summed E-state index contributed by atoms with van der Waals surface area (Å²) < 4.78 is 29.2. The van der Waals surface area contributed by atoms with Crippen molar-refractivity contribution in [2.24, 2.45) is 0 Å². The van der Waals surface area contributed by atoms with E-state index in [-0.39, 0.29) is 9.92 Å². The lowest BCUT2D eigenvalue weighted by atomic mass is 10.3. The number of hydrogen-bond acceptors (Lipinski definition) is 6. The molecule has 2 aromatic heterocycles. The number of hydrogen-bond donors (Lipinski definition) is 0. The SMILES string of the molecule is Cc1nc(N2CCN(S(=O)(=O)c3cc(Cl)ccc3Cl)CC2)cc(-n2ccnc2)n1. The van der Waals surface area contributed by atoms with Gasteiger partial charge in [-0.2, -0.15) is 4.31 Å². The van der Waals surface area contributed by atoms with Crippen molar-refractivity contribution in [2.45, 2.75) is 11.8 Å². The zero-order chi connectivity index (χ0) is 20.6. The first-order valence-electron chi connectivity index (χ1n) is 8.89. The smallest absolute Gasteiger partial charge is 0.244 e. The Labute approximate surface area is 178 Å². The first-order valence-corrected chi connectivity index (χ1v) is 11.1. The predicted octanol–water partition coefficient (Wildman–Crippen LogP) is 2.79. The third-order valence-corrected chi connectivity index (χ3v) is 7.27. The molecule has 11 heteroatoms. The van der Waals surface area contributed by atoms with Crippen molar-refractivity contribution in [3.8, 4) is 5.82 Å². The molecule has 1 aliphatic rings. The van der Waals surface area contributed by atoms with Crippen molar-refractivity contribution in [3.05, 3.63) is 58.9 Å². The largest absolute Gasteiger partial charge is 0.354 e. The molecule has 1 fully saturated rings. The molecule has 0 amide bonds. The molecule has 1 saturated heterocycles. The van der Waals surface area contributed by atoms with E-state index in [4.69, 9.17) is 23.2 Å². The molecular weight excluding hydrogens is 435 g/mol. The van der Waals surface area contributed by atoms with Crippen LogP contribution in [0.4, 0.5) is 5.82 Å². The van der Waals surface area contributed by atoms with Crippen LogP contribution in [0.2, 0.25) is 10.0 Å². The number of rotatable bonds is 4. The van der Waals surface area contributed by atoms with Crippen LogP contribution in [0.1, 0.15) is 5.82 Å². The molecule has 152 valence electrons. The van der Waals surface area contributed by atoms with Gasteiger partial charge >= 0.3 is 0 Å². The number of imidazole rings is 1. The molecule has 0 unspecified atom stereocenters. The van der Waals surface area contributed by atoms with E-state index >= 15 is 0 Å². The lowest BCUT2D eigenvalue weighted by molar-refractivity contribution is 0.383. The summed E-state index contributed by atoms with van der Waals surface area (Å²) in [6.07, 6.45) is 5.16. The molecule has 0 aliphatic carbocycles. The molecular formula is C18H18Cl2N6O2S. The minimum absolute atomic E-state index is 0.0281. The summed E-state index contributed by atoms with van der Waals surface area (Å²) in [6, 6.07) is 6.31. The van der Waals surface area contributed by atoms with Crippen LogP contribution in [0.5, 0.6) is 0 Å². The Morgan fingerprint density at radius 2 is 1.72 bits per heavy atom. The van der Waals surface area contributed by atoms with Crippen molar-refractivity contribution in [1.82, 2.24) is 23.8 Å². The quantitative estimate of drug-likeness (QED) is 0.604. The average Bonchev–Trinajstić information content (AvgIpc) is 3.24. The van der Waals surface area contributed by atoms with Crippen molar-refractivity contribution in [2.75, 3.05) is 31.1 Å². The topological polar surface area (TPSA) is 84.2 Å². The molecule has 0 bridgehead atoms. The van der Waals surface area contributed by atoms with E-state index in [0.717, 1.165) is 5.82 Å². The predicted molar refractivity (Wildman–Crippen MR) is 111 cm³/mol. The maximum absolute atomic E-state index is 13.0. The molecule has 0 atom stereocenters.